The molecule has 130 valence electrons. The van der Waals surface area contributed by atoms with Crippen molar-refractivity contribution in [2.24, 2.45) is 0 Å². The fraction of sp³-hybridized carbons (Fsp3) is 0.412. The van der Waals surface area contributed by atoms with Crippen molar-refractivity contribution in [3.05, 3.63) is 48.3 Å². The van der Waals surface area contributed by atoms with Gasteiger partial charge >= 0.3 is 0 Å². The van der Waals surface area contributed by atoms with E-state index in [4.69, 9.17) is 0 Å². The SMILES string of the molecule is C[C@H]1CNCCN1CC(=O)NCc1cnn(-c2ccccc2)c1.Cl. The highest BCUT2D eigenvalue weighted by Crippen LogP contribution is 2.07. The van der Waals surface area contributed by atoms with E-state index in [1.807, 2.05) is 41.2 Å². The number of nitrogens with one attached hydrogen (secondary N) is 2. The summed E-state index contributed by atoms with van der Waals surface area (Å²) >= 11 is 0. The van der Waals surface area contributed by atoms with Gasteiger partial charge in [-0.3, -0.25) is 9.69 Å². The molecule has 2 aromatic rings. The molecule has 1 aromatic heterocycles. The van der Waals surface area contributed by atoms with E-state index < -0.39 is 0 Å². The number of nitrogens with zero attached hydrogens (tertiary/aromatic N) is 3. The first-order valence-electron chi connectivity index (χ1n) is 8.03. The van der Waals surface area contributed by atoms with Crippen molar-refractivity contribution in [1.29, 1.82) is 0 Å². The van der Waals surface area contributed by atoms with Gasteiger partial charge < -0.3 is 10.6 Å². The maximum atomic E-state index is 12.1. The van der Waals surface area contributed by atoms with Crippen molar-refractivity contribution in [3.63, 3.8) is 0 Å². The lowest BCUT2D eigenvalue weighted by Crippen LogP contribution is -2.52. The molecule has 0 saturated carbocycles. The molecular formula is C17H24ClN5O. The van der Waals surface area contributed by atoms with E-state index in [9.17, 15) is 4.79 Å². The van der Waals surface area contributed by atoms with Crippen LogP contribution in [0.3, 0.4) is 0 Å². The summed E-state index contributed by atoms with van der Waals surface area (Å²) in [6.45, 7) is 5.91. The van der Waals surface area contributed by atoms with Gasteiger partial charge in [-0.1, -0.05) is 18.2 Å². The number of hydrogen-bond acceptors (Lipinski definition) is 4. The number of para-hydroxylation sites is 1. The van der Waals surface area contributed by atoms with Gasteiger partial charge in [-0.15, -0.1) is 12.4 Å². The molecule has 1 saturated heterocycles. The highest BCUT2D eigenvalue weighted by Gasteiger charge is 2.19. The number of carbonyl (C=O) groups is 1. The molecule has 1 aromatic carbocycles. The summed E-state index contributed by atoms with van der Waals surface area (Å²) in [5, 5.41) is 10.6. The van der Waals surface area contributed by atoms with Crippen molar-refractivity contribution in [1.82, 2.24) is 25.3 Å². The van der Waals surface area contributed by atoms with Gasteiger partial charge in [-0.05, 0) is 19.1 Å². The predicted octanol–water partition coefficient (Wildman–Crippen LogP) is 1.20. The molecule has 24 heavy (non-hydrogen) atoms. The third-order valence-electron chi connectivity index (χ3n) is 4.13. The Morgan fingerprint density at radius 1 is 1.38 bits per heavy atom. The molecule has 3 rings (SSSR count). The van der Waals surface area contributed by atoms with Crippen molar-refractivity contribution >= 4 is 18.3 Å². The zero-order chi connectivity index (χ0) is 16.1. The number of rotatable bonds is 5. The van der Waals surface area contributed by atoms with E-state index in [0.717, 1.165) is 30.9 Å². The van der Waals surface area contributed by atoms with E-state index in [2.05, 4.69) is 27.6 Å². The number of amides is 1. The molecule has 1 amide bonds. The second-order valence-electron chi connectivity index (χ2n) is 5.93. The molecular weight excluding hydrogens is 326 g/mol. The van der Waals surface area contributed by atoms with Crippen LogP contribution in [0.4, 0.5) is 0 Å². The molecule has 6 nitrogen and oxygen atoms in total. The van der Waals surface area contributed by atoms with Gasteiger partial charge in [-0.25, -0.2) is 4.68 Å². The molecule has 0 unspecified atom stereocenters. The zero-order valence-electron chi connectivity index (χ0n) is 13.8. The highest BCUT2D eigenvalue weighted by molar-refractivity contribution is 5.85. The van der Waals surface area contributed by atoms with Crippen LogP contribution < -0.4 is 10.6 Å². The number of halogens is 1. The third kappa shape index (κ3) is 4.80. The van der Waals surface area contributed by atoms with Crippen molar-refractivity contribution in [2.45, 2.75) is 19.5 Å². The van der Waals surface area contributed by atoms with Gasteiger partial charge in [0.05, 0.1) is 18.4 Å². The van der Waals surface area contributed by atoms with E-state index >= 15 is 0 Å². The Kier molecular flexibility index (Phi) is 6.78. The summed E-state index contributed by atoms with van der Waals surface area (Å²) in [4.78, 5) is 14.3. The molecule has 2 N–H and O–H groups in total. The van der Waals surface area contributed by atoms with Gasteiger partial charge in [0.2, 0.25) is 5.91 Å². The van der Waals surface area contributed by atoms with E-state index in [1.54, 1.807) is 6.20 Å². The van der Waals surface area contributed by atoms with Crippen LogP contribution >= 0.6 is 12.4 Å². The quantitative estimate of drug-likeness (QED) is 0.851. The van der Waals surface area contributed by atoms with Crippen LogP contribution in [0, 0.1) is 0 Å². The normalized spacial score (nSPS) is 18.0. The minimum absolute atomic E-state index is 0. The highest BCUT2D eigenvalue weighted by atomic mass is 35.5. The first-order chi connectivity index (χ1) is 11.2. The summed E-state index contributed by atoms with van der Waals surface area (Å²) in [6, 6.07) is 10.3. The van der Waals surface area contributed by atoms with Crippen LogP contribution in [0.2, 0.25) is 0 Å². The molecule has 0 aliphatic carbocycles. The Morgan fingerprint density at radius 3 is 2.92 bits per heavy atom. The minimum Gasteiger partial charge on any atom is -0.351 e. The van der Waals surface area contributed by atoms with Crippen LogP contribution in [-0.2, 0) is 11.3 Å². The lowest BCUT2D eigenvalue weighted by atomic mass is 10.2. The van der Waals surface area contributed by atoms with Gasteiger partial charge in [0.15, 0.2) is 0 Å². The fourth-order valence-corrected chi connectivity index (χ4v) is 2.73. The van der Waals surface area contributed by atoms with E-state index in [1.165, 1.54) is 0 Å². The Hall–Kier alpha value is -1.89. The van der Waals surface area contributed by atoms with Gasteiger partial charge in [0.1, 0.15) is 0 Å². The molecule has 1 aliphatic heterocycles. The number of carbonyl (C=O) groups excluding carboxylic acids is 1. The molecule has 0 spiro atoms. The van der Waals surface area contributed by atoms with Crippen molar-refractivity contribution in [2.75, 3.05) is 26.2 Å². The van der Waals surface area contributed by atoms with Crippen LogP contribution in [0.25, 0.3) is 5.69 Å². The maximum Gasteiger partial charge on any atom is 0.234 e. The fourth-order valence-electron chi connectivity index (χ4n) is 2.73. The molecule has 0 radical (unpaired) electrons. The molecule has 1 fully saturated rings. The molecule has 0 bridgehead atoms. The summed E-state index contributed by atoms with van der Waals surface area (Å²) in [5.41, 5.74) is 2.01. The minimum atomic E-state index is 0. The number of aromatic nitrogens is 2. The van der Waals surface area contributed by atoms with E-state index in [-0.39, 0.29) is 18.3 Å². The lowest BCUT2D eigenvalue weighted by molar-refractivity contribution is -0.123. The smallest absolute Gasteiger partial charge is 0.234 e. The topological polar surface area (TPSA) is 62.2 Å². The number of hydrogen-bond donors (Lipinski definition) is 2. The largest absolute Gasteiger partial charge is 0.351 e. The average molecular weight is 350 g/mol. The lowest BCUT2D eigenvalue weighted by Gasteiger charge is -2.33. The van der Waals surface area contributed by atoms with E-state index in [0.29, 0.717) is 19.1 Å². The zero-order valence-corrected chi connectivity index (χ0v) is 14.6. The first-order valence-corrected chi connectivity index (χ1v) is 8.03. The Balaban J connectivity index is 0.00000208. The Bertz CT molecular complexity index is 645. The van der Waals surface area contributed by atoms with Crippen LogP contribution in [-0.4, -0.2) is 52.8 Å². The van der Waals surface area contributed by atoms with Crippen molar-refractivity contribution < 1.29 is 4.79 Å². The summed E-state index contributed by atoms with van der Waals surface area (Å²) in [5.74, 6) is 0.0613. The van der Waals surface area contributed by atoms with Crippen molar-refractivity contribution in [3.8, 4) is 5.69 Å². The standard InChI is InChI=1S/C17H23N5O.ClH/c1-14-9-18-7-8-21(14)13-17(23)19-10-15-11-20-22(12-15)16-5-3-2-4-6-16;/h2-6,11-12,14,18H,7-10,13H2,1H3,(H,19,23);1H/t14-;/m0./s1. The monoisotopic (exact) mass is 349 g/mol. The summed E-state index contributed by atoms with van der Waals surface area (Å²) in [6.07, 6.45) is 3.74. The van der Waals surface area contributed by atoms with Gasteiger partial charge in [-0.2, -0.15) is 5.10 Å². The Morgan fingerprint density at radius 2 is 2.17 bits per heavy atom. The molecule has 1 aliphatic rings. The first kappa shape index (κ1) is 18.4. The number of benzene rings is 1. The second-order valence-corrected chi connectivity index (χ2v) is 5.93. The van der Waals surface area contributed by atoms with Crippen LogP contribution in [0.5, 0.6) is 0 Å². The average Bonchev–Trinajstić information content (AvgIpc) is 3.05. The summed E-state index contributed by atoms with van der Waals surface area (Å²) in [7, 11) is 0. The Labute approximate surface area is 148 Å². The van der Waals surface area contributed by atoms with Crippen LogP contribution in [0.15, 0.2) is 42.7 Å². The van der Waals surface area contributed by atoms with Gasteiger partial charge in [0, 0.05) is 44.0 Å². The molecule has 7 heteroatoms. The van der Waals surface area contributed by atoms with Crippen LogP contribution in [0.1, 0.15) is 12.5 Å². The van der Waals surface area contributed by atoms with Gasteiger partial charge in [0.25, 0.3) is 0 Å². The maximum absolute atomic E-state index is 12.1. The second kappa shape index (κ2) is 8.82. The molecule has 1 atom stereocenters. The predicted molar refractivity (Wildman–Crippen MR) is 96.6 cm³/mol. The summed E-state index contributed by atoms with van der Waals surface area (Å²) < 4.78 is 1.82. The molecule has 2 heterocycles. The number of piperazine rings is 1. The third-order valence-corrected chi connectivity index (χ3v) is 4.13.